The molecule has 1 saturated carbocycles. The molecule has 2 fully saturated rings. The number of hydrogen-bond acceptors (Lipinski definition) is 4. The highest BCUT2D eigenvalue weighted by Crippen LogP contribution is 2.34. The fourth-order valence-corrected chi connectivity index (χ4v) is 4.59. The highest BCUT2D eigenvalue weighted by molar-refractivity contribution is 5.09. The first-order valence-corrected chi connectivity index (χ1v) is 10.1. The molecule has 2 aliphatic heterocycles. The summed E-state index contributed by atoms with van der Waals surface area (Å²) in [5, 5.41) is 13.7. The lowest BCUT2D eigenvalue weighted by Crippen LogP contribution is -2.35. The molecule has 134 valence electrons. The predicted molar refractivity (Wildman–Crippen MR) is 95.1 cm³/mol. The van der Waals surface area contributed by atoms with Crippen molar-refractivity contribution in [3.63, 3.8) is 0 Å². The van der Waals surface area contributed by atoms with Crippen LogP contribution in [0.5, 0.6) is 0 Å². The average molecular weight is 340 g/mol. The quantitative estimate of drug-likeness (QED) is 0.857. The number of hydrogen-bond donors (Lipinski definition) is 0. The summed E-state index contributed by atoms with van der Waals surface area (Å²) >= 11 is 0. The smallest absolute Gasteiger partial charge is 0.150 e. The molecule has 2 aromatic heterocycles. The summed E-state index contributed by atoms with van der Waals surface area (Å²) in [5.41, 5.74) is 1.34. The van der Waals surface area contributed by atoms with Gasteiger partial charge in [-0.25, -0.2) is 0 Å². The summed E-state index contributed by atoms with van der Waals surface area (Å²) < 4.78 is 4.60. The lowest BCUT2D eigenvalue weighted by atomic mass is 9.93. The average Bonchev–Trinajstić information content (AvgIpc) is 3.21. The van der Waals surface area contributed by atoms with Crippen LogP contribution in [0.4, 0.5) is 0 Å². The topological polar surface area (TPSA) is 51.8 Å². The Kier molecular flexibility index (Phi) is 4.08. The van der Waals surface area contributed by atoms with Crippen molar-refractivity contribution in [3.05, 3.63) is 29.6 Å². The number of rotatable bonds is 4. The summed E-state index contributed by atoms with van der Waals surface area (Å²) in [6.07, 6.45) is 15.7. The molecule has 4 heterocycles. The van der Waals surface area contributed by atoms with E-state index >= 15 is 0 Å². The number of aromatic nitrogens is 5. The zero-order valence-corrected chi connectivity index (χ0v) is 15.0. The van der Waals surface area contributed by atoms with Gasteiger partial charge in [0.25, 0.3) is 0 Å². The van der Waals surface area contributed by atoms with Crippen LogP contribution in [0.15, 0.2) is 12.4 Å². The van der Waals surface area contributed by atoms with Gasteiger partial charge in [-0.2, -0.15) is 5.10 Å². The van der Waals surface area contributed by atoms with Gasteiger partial charge in [-0.3, -0.25) is 9.58 Å². The van der Waals surface area contributed by atoms with Crippen molar-refractivity contribution in [2.24, 2.45) is 0 Å². The maximum atomic E-state index is 4.62. The highest BCUT2D eigenvalue weighted by Gasteiger charge is 2.30. The van der Waals surface area contributed by atoms with E-state index in [1.54, 1.807) is 0 Å². The maximum absolute atomic E-state index is 4.62. The van der Waals surface area contributed by atoms with Crippen molar-refractivity contribution in [1.82, 2.24) is 29.4 Å². The van der Waals surface area contributed by atoms with Gasteiger partial charge in [-0.1, -0.05) is 6.42 Å². The van der Waals surface area contributed by atoms with Gasteiger partial charge in [-0.05, 0) is 51.5 Å². The number of nitrogens with zero attached hydrogens (tertiary/aromatic N) is 6. The van der Waals surface area contributed by atoms with Crippen LogP contribution in [-0.2, 0) is 19.5 Å². The number of likely N-dealkylation sites (tertiary alicyclic amines) is 1. The molecule has 2 aromatic rings. The predicted octanol–water partition coefficient (Wildman–Crippen LogP) is 3.26. The molecule has 0 bridgehead atoms. The van der Waals surface area contributed by atoms with Gasteiger partial charge in [0, 0.05) is 31.3 Å². The van der Waals surface area contributed by atoms with E-state index in [9.17, 15) is 0 Å². The van der Waals surface area contributed by atoms with Crippen molar-refractivity contribution in [2.45, 2.75) is 83.0 Å². The molecule has 6 nitrogen and oxygen atoms in total. The van der Waals surface area contributed by atoms with Crippen molar-refractivity contribution < 1.29 is 0 Å². The van der Waals surface area contributed by atoms with Crippen LogP contribution in [0.3, 0.4) is 0 Å². The number of fused-ring (bicyclic) bond motifs is 1. The molecule has 0 N–H and O–H groups in total. The van der Waals surface area contributed by atoms with E-state index < -0.39 is 0 Å². The van der Waals surface area contributed by atoms with Gasteiger partial charge >= 0.3 is 0 Å². The zero-order valence-electron chi connectivity index (χ0n) is 15.0. The first kappa shape index (κ1) is 15.6. The minimum absolute atomic E-state index is 0.417. The lowest BCUT2D eigenvalue weighted by Gasteiger charge is -2.35. The van der Waals surface area contributed by atoms with E-state index in [1.165, 1.54) is 68.6 Å². The third kappa shape index (κ3) is 2.90. The van der Waals surface area contributed by atoms with E-state index in [1.807, 2.05) is 0 Å². The first-order chi connectivity index (χ1) is 12.4. The monoisotopic (exact) mass is 340 g/mol. The van der Waals surface area contributed by atoms with Crippen LogP contribution in [0.25, 0.3) is 0 Å². The molecular formula is C19H28N6. The molecule has 1 aliphatic carbocycles. The highest BCUT2D eigenvalue weighted by atomic mass is 15.3. The lowest BCUT2D eigenvalue weighted by molar-refractivity contribution is 0.129. The molecule has 1 saturated heterocycles. The SMILES string of the molecule is c1nn(C2CCC2)cc1CN1CCCCC1c1nnc2n1CCCC2. The second kappa shape index (κ2) is 6.56. The van der Waals surface area contributed by atoms with E-state index in [4.69, 9.17) is 0 Å². The largest absolute Gasteiger partial charge is 0.314 e. The van der Waals surface area contributed by atoms with Crippen molar-refractivity contribution >= 4 is 0 Å². The van der Waals surface area contributed by atoms with E-state index in [-0.39, 0.29) is 0 Å². The van der Waals surface area contributed by atoms with Gasteiger partial charge < -0.3 is 4.57 Å². The molecule has 0 spiro atoms. The second-order valence-electron chi connectivity index (χ2n) is 7.98. The van der Waals surface area contributed by atoms with Crippen molar-refractivity contribution in [1.29, 1.82) is 0 Å². The molecule has 25 heavy (non-hydrogen) atoms. The minimum Gasteiger partial charge on any atom is -0.314 e. The van der Waals surface area contributed by atoms with Gasteiger partial charge in [0.1, 0.15) is 11.6 Å². The summed E-state index contributed by atoms with van der Waals surface area (Å²) in [5.74, 6) is 2.41. The standard InChI is InChI=1S/C19H28N6/c1-3-10-23(13-15-12-20-25(14-15)16-6-5-7-16)17(8-1)19-22-21-18-9-2-4-11-24(18)19/h12,14,16-17H,1-11,13H2. The zero-order chi connectivity index (χ0) is 16.6. The van der Waals surface area contributed by atoms with Crippen molar-refractivity contribution in [2.75, 3.05) is 6.54 Å². The normalized spacial score (nSPS) is 24.9. The summed E-state index contributed by atoms with van der Waals surface area (Å²) in [4.78, 5) is 2.61. The van der Waals surface area contributed by atoms with E-state index in [0.29, 0.717) is 12.1 Å². The molecule has 1 atom stereocenters. The fraction of sp³-hybridized carbons (Fsp3) is 0.737. The summed E-state index contributed by atoms with van der Waals surface area (Å²) in [6.45, 7) is 3.24. The Morgan fingerprint density at radius 3 is 2.76 bits per heavy atom. The number of piperidine rings is 1. The molecule has 5 rings (SSSR count). The maximum Gasteiger partial charge on any atom is 0.150 e. The Morgan fingerprint density at radius 2 is 1.88 bits per heavy atom. The van der Waals surface area contributed by atoms with Crippen LogP contribution < -0.4 is 0 Å². The van der Waals surface area contributed by atoms with Crippen LogP contribution >= 0.6 is 0 Å². The molecule has 0 aromatic carbocycles. The van der Waals surface area contributed by atoms with E-state index in [2.05, 4.69) is 41.8 Å². The Hall–Kier alpha value is -1.69. The van der Waals surface area contributed by atoms with Gasteiger partial charge in [0.15, 0.2) is 0 Å². The summed E-state index contributed by atoms with van der Waals surface area (Å²) in [7, 11) is 0. The minimum atomic E-state index is 0.417. The van der Waals surface area contributed by atoms with Crippen molar-refractivity contribution in [3.8, 4) is 0 Å². The Morgan fingerprint density at radius 1 is 0.960 bits per heavy atom. The first-order valence-electron chi connectivity index (χ1n) is 10.1. The number of aryl methyl sites for hydroxylation is 1. The molecule has 3 aliphatic rings. The van der Waals surface area contributed by atoms with Crippen LogP contribution in [0, 0.1) is 0 Å². The fourth-order valence-electron chi connectivity index (χ4n) is 4.59. The third-order valence-electron chi connectivity index (χ3n) is 6.29. The second-order valence-corrected chi connectivity index (χ2v) is 7.98. The molecule has 0 radical (unpaired) electrons. The summed E-state index contributed by atoms with van der Waals surface area (Å²) in [6, 6.07) is 1.06. The van der Waals surface area contributed by atoms with Gasteiger partial charge in [0.05, 0.1) is 18.3 Å². The van der Waals surface area contributed by atoms with Gasteiger partial charge in [-0.15, -0.1) is 10.2 Å². The Labute approximate surface area is 149 Å². The molecule has 1 unspecified atom stereocenters. The molecule has 0 amide bonds. The van der Waals surface area contributed by atoms with Gasteiger partial charge in [0.2, 0.25) is 0 Å². The Balaban J connectivity index is 1.35. The third-order valence-corrected chi connectivity index (χ3v) is 6.29. The van der Waals surface area contributed by atoms with Crippen LogP contribution in [-0.4, -0.2) is 36.0 Å². The van der Waals surface area contributed by atoms with Crippen LogP contribution in [0.1, 0.15) is 80.7 Å². The van der Waals surface area contributed by atoms with E-state index in [0.717, 1.165) is 26.1 Å². The van der Waals surface area contributed by atoms with Crippen LogP contribution in [0.2, 0.25) is 0 Å². The Bertz CT molecular complexity index is 728. The molecule has 6 heteroatoms. The molecular weight excluding hydrogens is 312 g/mol.